The van der Waals surface area contributed by atoms with E-state index in [1.807, 2.05) is 8.80 Å². The summed E-state index contributed by atoms with van der Waals surface area (Å²) in [4.78, 5) is 30.0. The number of ether oxygens (including phenoxy) is 2. The number of pyridine rings is 2. The molecule has 2 aromatic carbocycles. The lowest BCUT2D eigenvalue weighted by molar-refractivity contribution is 0.185. The molecule has 0 unspecified atom stereocenters. The molecule has 0 radical (unpaired) electrons. The summed E-state index contributed by atoms with van der Waals surface area (Å²) in [5.41, 5.74) is 9.31. The summed E-state index contributed by atoms with van der Waals surface area (Å²) in [5, 5.41) is 1.20. The monoisotopic (exact) mass is 672 g/mol. The molecule has 0 amide bonds. The number of benzene rings is 2. The van der Waals surface area contributed by atoms with Gasteiger partial charge in [0.25, 0.3) is 11.1 Å². The van der Waals surface area contributed by atoms with Crippen LogP contribution >= 0.6 is 0 Å². The van der Waals surface area contributed by atoms with Gasteiger partial charge in [0, 0.05) is 14.2 Å². The van der Waals surface area contributed by atoms with Gasteiger partial charge in [0.05, 0.1) is 46.4 Å². The Labute approximate surface area is 296 Å². The average Bonchev–Trinajstić information content (AvgIpc) is 3.78. The largest absolute Gasteiger partial charge is 0.380 e. The molecule has 0 saturated carbocycles. The Kier molecular flexibility index (Phi) is 11.8. The topological polar surface area (TPSA) is 61.4 Å². The van der Waals surface area contributed by atoms with Crippen molar-refractivity contribution in [2.24, 2.45) is 0 Å². The van der Waals surface area contributed by atoms with E-state index >= 15 is 0 Å². The standard InChI is InChI=1S/C44H52N2O4/c1-5-7-9-11-13-15-35-39-27-25-37(33-21-17-31(18-22-33)29-49-3)45(39)44(48)42-36(16-14-12-10-8-6-2)40-28-26-38(46(40)43(47)41(35)42)34-23-19-32(20-24-34)30-50-4/h17-28H,5-16,29-30H2,1-4H3. The number of rotatable bonds is 18. The molecule has 0 N–H and O–H groups in total. The minimum absolute atomic E-state index is 0.0967. The van der Waals surface area contributed by atoms with E-state index in [-0.39, 0.29) is 11.1 Å². The Bertz CT molecular complexity index is 1990. The van der Waals surface area contributed by atoms with Crippen LogP contribution in [0.1, 0.15) is 100 Å². The van der Waals surface area contributed by atoms with Crippen molar-refractivity contribution >= 4 is 21.8 Å². The third kappa shape index (κ3) is 7.15. The van der Waals surface area contributed by atoms with Crippen LogP contribution < -0.4 is 11.1 Å². The maximum Gasteiger partial charge on any atom is 0.264 e. The lowest BCUT2D eigenvalue weighted by Gasteiger charge is -2.16. The molecule has 0 aliphatic heterocycles. The van der Waals surface area contributed by atoms with Crippen molar-refractivity contribution in [3.05, 3.63) is 116 Å². The van der Waals surface area contributed by atoms with E-state index in [2.05, 4.69) is 86.6 Å². The molecule has 0 fully saturated rings. The van der Waals surface area contributed by atoms with Crippen LogP contribution in [0.25, 0.3) is 44.3 Å². The number of fused-ring (bicyclic) bond motifs is 3. The third-order valence-electron chi connectivity index (χ3n) is 10.2. The predicted molar refractivity (Wildman–Crippen MR) is 207 cm³/mol. The fraction of sp³-hybridized carbons (Fsp3) is 0.409. The normalized spacial score (nSPS) is 11.8. The molecule has 262 valence electrons. The number of aryl methyl sites for hydroxylation is 2. The van der Waals surface area contributed by atoms with Gasteiger partial charge in [-0.1, -0.05) is 114 Å². The van der Waals surface area contributed by atoms with Gasteiger partial charge in [-0.25, -0.2) is 0 Å². The SMILES string of the molecule is CCCCCCCc1c2c(=O)n3c(-c4ccc(COC)cc4)ccc3c(CCCCCCC)c2c(=O)n2c(-c3ccc(COC)cc3)ccc12. The number of nitrogens with zero attached hydrogens (tertiary/aromatic N) is 2. The molecular formula is C44H52N2O4. The van der Waals surface area contributed by atoms with Gasteiger partial charge in [-0.2, -0.15) is 0 Å². The first-order valence-electron chi connectivity index (χ1n) is 18.7. The Hall–Kier alpha value is -4.26. The second-order valence-electron chi connectivity index (χ2n) is 13.8. The Morgan fingerprint density at radius 3 is 1.22 bits per heavy atom. The van der Waals surface area contributed by atoms with Crippen molar-refractivity contribution in [1.82, 2.24) is 8.80 Å². The quantitative estimate of drug-likeness (QED) is 0.0853. The Morgan fingerprint density at radius 1 is 0.480 bits per heavy atom. The molecule has 0 aliphatic carbocycles. The van der Waals surface area contributed by atoms with Crippen LogP contribution in [0.3, 0.4) is 0 Å². The van der Waals surface area contributed by atoms with Gasteiger partial charge in [0.1, 0.15) is 0 Å². The van der Waals surface area contributed by atoms with Gasteiger partial charge in [-0.15, -0.1) is 0 Å². The molecule has 0 atom stereocenters. The maximum atomic E-state index is 15.0. The minimum atomic E-state index is -0.0967. The number of unbranched alkanes of at least 4 members (excludes halogenated alkanes) is 8. The molecule has 0 bridgehead atoms. The zero-order valence-electron chi connectivity index (χ0n) is 30.4. The van der Waals surface area contributed by atoms with Crippen molar-refractivity contribution in [3.8, 4) is 22.5 Å². The summed E-state index contributed by atoms with van der Waals surface area (Å²) in [5.74, 6) is 0. The van der Waals surface area contributed by atoms with Crippen LogP contribution in [0.2, 0.25) is 0 Å². The molecule has 6 heteroatoms. The Balaban J connectivity index is 1.62. The van der Waals surface area contributed by atoms with E-state index in [1.165, 1.54) is 38.5 Å². The zero-order valence-corrected chi connectivity index (χ0v) is 30.4. The molecule has 4 aromatic heterocycles. The minimum Gasteiger partial charge on any atom is -0.380 e. The first-order chi connectivity index (χ1) is 24.5. The van der Waals surface area contributed by atoms with Crippen LogP contribution in [-0.2, 0) is 35.5 Å². The van der Waals surface area contributed by atoms with E-state index in [1.54, 1.807) is 14.2 Å². The first-order valence-corrected chi connectivity index (χ1v) is 18.7. The van der Waals surface area contributed by atoms with E-state index < -0.39 is 0 Å². The molecule has 6 aromatic rings. The van der Waals surface area contributed by atoms with Gasteiger partial charge >= 0.3 is 0 Å². The number of aromatic nitrogens is 2. The van der Waals surface area contributed by atoms with Crippen LogP contribution in [0.4, 0.5) is 0 Å². The molecule has 0 spiro atoms. The molecule has 4 heterocycles. The lowest BCUT2D eigenvalue weighted by atomic mass is 9.95. The van der Waals surface area contributed by atoms with Gasteiger partial charge in [0.15, 0.2) is 0 Å². The summed E-state index contributed by atoms with van der Waals surface area (Å²) in [7, 11) is 3.39. The van der Waals surface area contributed by atoms with Crippen molar-refractivity contribution in [2.75, 3.05) is 14.2 Å². The fourth-order valence-corrected chi connectivity index (χ4v) is 7.68. The van der Waals surface area contributed by atoms with Crippen LogP contribution in [-0.4, -0.2) is 23.0 Å². The van der Waals surface area contributed by atoms with Crippen LogP contribution in [0, 0.1) is 0 Å². The average molecular weight is 673 g/mol. The van der Waals surface area contributed by atoms with E-state index in [4.69, 9.17) is 9.47 Å². The zero-order chi connectivity index (χ0) is 35.0. The lowest BCUT2D eigenvalue weighted by Crippen LogP contribution is -2.25. The summed E-state index contributed by atoms with van der Waals surface area (Å²) < 4.78 is 14.5. The van der Waals surface area contributed by atoms with Crippen molar-refractivity contribution in [2.45, 2.75) is 104 Å². The van der Waals surface area contributed by atoms with E-state index in [0.29, 0.717) is 24.0 Å². The van der Waals surface area contributed by atoms with Gasteiger partial charge < -0.3 is 9.47 Å². The molecular weight excluding hydrogens is 620 g/mol. The maximum absolute atomic E-state index is 15.0. The van der Waals surface area contributed by atoms with Crippen molar-refractivity contribution in [3.63, 3.8) is 0 Å². The van der Waals surface area contributed by atoms with Gasteiger partial charge in [0.2, 0.25) is 0 Å². The number of methoxy groups -OCH3 is 2. The van der Waals surface area contributed by atoms with E-state index in [9.17, 15) is 9.59 Å². The fourth-order valence-electron chi connectivity index (χ4n) is 7.68. The summed E-state index contributed by atoms with van der Waals surface area (Å²) in [6, 6.07) is 24.7. The predicted octanol–water partition coefficient (Wildman–Crippen LogP) is 10.2. The second-order valence-corrected chi connectivity index (χ2v) is 13.8. The van der Waals surface area contributed by atoms with Crippen molar-refractivity contribution < 1.29 is 9.47 Å². The second kappa shape index (κ2) is 16.6. The molecule has 6 rings (SSSR count). The van der Waals surface area contributed by atoms with Crippen LogP contribution in [0.5, 0.6) is 0 Å². The number of hydrogen-bond acceptors (Lipinski definition) is 4. The van der Waals surface area contributed by atoms with Crippen LogP contribution in [0.15, 0.2) is 82.4 Å². The summed E-state index contributed by atoms with van der Waals surface area (Å²) in [6.07, 6.45) is 12.7. The molecule has 0 aliphatic rings. The highest BCUT2D eigenvalue weighted by Gasteiger charge is 2.24. The molecule has 50 heavy (non-hydrogen) atoms. The highest BCUT2D eigenvalue weighted by Crippen LogP contribution is 2.33. The van der Waals surface area contributed by atoms with E-state index in [0.717, 1.165) is 94.3 Å². The number of hydrogen-bond donors (Lipinski definition) is 0. The third-order valence-corrected chi connectivity index (χ3v) is 10.2. The highest BCUT2D eigenvalue weighted by molar-refractivity contribution is 5.97. The van der Waals surface area contributed by atoms with Gasteiger partial charge in [-0.05, 0) is 83.3 Å². The Morgan fingerprint density at radius 2 is 0.860 bits per heavy atom. The smallest absolute Gasteiger partial charge is 0.264 e. The molecule has 0 saturated heterocycles. The highest BCUT2D eigenvalue weighted by atomic mass is 16.5. The molecule has 6 nitrogen and oxygen atoms in total. The summed E-state index contributed by atoms with van der Waals surface area (Å²) in [6.45, 7) is 5.53. The summed E-state index contributed by atoms with van der Waals surface area (Å²) >= 11 is 0. The first kappa shape index (κ1) is 35.6. The van der Waals surface area contributed by atoms with Gasteiger partial charge in [-0.3, -0.25) is 18.4 Å². The van der Waals surface area contributed by atoms with Crippen molar-refractivity contribution in [1.29, 1.82) is 0 Å².